The highest BCUT2D eigenvalue weighted by Gasteiger charge is 2.21. The van der Waals surface area contributed by atoms with Crippen LogP contribution in [0.3, 0.4) is 0 Å². The highest BCUT2D eigenvalue weighted by atomic mass is 32.2. The van der Waals surface area contributed by atoms with Gasteiger partial charge in [0.1, 0.15) is 5.82 Å². The van der Waals surface area contributed by atoms with Crippen LogP contribution >= 0.6 is 0 Å². The van der Waals surface area contributed by atoms with Crippen LogP contribution in [0.4, 0.5) is 4.39 Å². The van der Waals surface area contributed by atoms with E-state index >= 15 is 0 Å². The first-order chi connectivity index (χ1) is 9.94. The lowest BCUT2D eigenvalue weighted by atomic mass is 10.2. The van der Waals surface area contributed by atoms with Crippen molar-refractivity contribution < 1.29 is 12.8 Å². The van der Waals surface area contributed by atoms with Crippen LogP contribution in [0.15, 0.2) is 23.1 Å². The van der Waals surface area contributed by atoms with Gasteiger partial charge in [-0.2, -0.15) is 0 Å². The number of sulfonamides is 1. The van der Waals surface area contributed by atoms with Crippen LogP contribution in [0.1, 0.15) is 45.6 Å². The molecule has 0 saturated carbocycles. The van der Waals surface area contributed by atoms with Crippen molar-refractivity contribution in [3.05, 3.63) is 29.6 Å². The first-order valence-electron chi connectivity index (χ1n) is 7.46. The van der Waals surface area contributed by atoms with Crippen molar-refractivity contribution in [1.29, 1.82) is 0 Å². The van der Waals surface area contributed by atoms with Crippen molar-refractivity contribution in [2.45, 2.75) is 57.5 Å². The number of benzene rings is 1. The fourth-order valence-corrected chi connectivity index (χ4v) is 3.71. The molecule has 0 aromatic heterocycles. The first kappa shape index (κ1) is 18.1. The zero-order valence-electron chi connectivity index (χ0n) is 12.9. The third-order valence-corrected chi connectivity index (χ3v) is 4.97. The molecular formula is C15H25FN2O2S. The van der Waals surface area contributed by atoms with Gasteiger partial charge in [0.25, 0.3) is 0 Å². The van der Waals surface area contributed by atoms with Gasteiger partial charge < -0.3 is 5.32 Å². The van der Waals surface area contributed by atoms with E-state index in [-0.39, 0.29) is 10.9 Å². The molecule has 0 fully saturated rings. The van der Waals surface area contributed by atoms with Crippen LogP contribution in [0.2, 0.25) is 0 Å². The fraction of sp³-hybridized carbons (Fsp3) is 0.600. The minimum atomic E-state index is -3.70. The highest BCUT2D eigenvalue weighted by Crippen LogP contribution is 2.18. The van der Waals surface area contributed by atoms with E-state index in [9.17, 15) is 12.8 Å². The molecule has 0 radical (unpaired) electrons. The van der Waals surface area contributed by atoms with E-state index in [1.54, 1.807) is 0 Å². The van der Waals surface area contributed by atoms with Gasteiger partial charge in [-0.15, -0.1) is 0 Å². The predicted octanol–water partition coefficient (Wildman–Crippen LogP) is 2.79. The fourth-order valence-electron chi connectivity index (χ4n) is 2.06. The maximum absolute atomic E-state index is 13.5. The maximum Gasteiger partial charge on any atom is 0.241 e. The normalized spacial score (nSPS) is 12.0. The van der Waals surface area contributed by atoms with Gasteiger partial charge in [0.05, 0.1) is 4.90 Å². The average molecular weight is 316 g/mol. The van der Waals surface area contributed by atoms with E-state index < -0.39 is 15.8 Å². The minimum absolute atomic E-state index is 0.0259. The number of hydrogen-bond donors (Lipinski definition) is 2. The van der Waals surface area contributed by atoms with Crippen LogP contribution in [0, 0.1) is 5.82 Å². The number of nitrogens with one attached hydrogen (secondary N) is 2. The molecule has 1 aromatic carbocycles. The van der Waals surface area contributed by atoms with E-state index in [1.807, 2.05) is 20.8 Å². The van der Waals surface area contributed by atoms with E-state index in [0.29, 0.717) is 24.9 Å². The van der Waals surface area contributed by atoms with E-state index in [1.165, 1.54) is 12.1 Å². The summed E-state index contributed by atoms with van der Waals surface area (Å²) in [7, 11) is -3.70. The summed E-state index contributed by atoms with van der Waals surface area (Å²) in [5.74, 6) is -0.542. The number of halogens is 1. The van der Waals surface area contributed by atoms with Gasteiger partial charge in [0, 0.05) is 12.6 Å². The second-order valence-electron chi connectivity index (χ2n) is 5.06. The largest absolute Gasteiger partial charge is 0.313 e. The summed E-state index contributed by atoms with van der Waals surface area (Å²) >= 11 is 0. The highest BCUT2D eigenvalue weighted by molar-refractivity contribution is 7.89. The van der Waals surface area contributed by atoms with Gasteiger partial charge in [0.2, 0.25) is 10.0 Å². The van der Waals surface area contributed by atoms with Gasteiger partial charge in [-0.05, 0) is 43.5 Å². The van der Waals surface area contributed by atoms with Crippen molar-refractivity contribution in [2.75, 3.05) is 6.54 Å². The van der Waals surface area contributed by atoms with Crippen molar-refractivity contribution in [3.8, 4) is 0 Å². The summed E-state index contributed by atoms with van der Waals surface area (Å²) in [6.45, 7) is 7.08. The second-order valence-corrected chi connectivity index (χ2v) is 6.75. The Hall–Kier alpha value is -0.980. The Morgan fingerprint density at radius 1 is 1.19 bits per heavy atom. The lowest BCUT2D eigenvalue weighted by Crippen LogP contribution is -2.34. The van der Waals surface area contributed by atoms with Gasteiger partial charge in [0.15, 0.2) is 0 Å². The molecule has 1 rings (SSSR count). The van der Waals surface area contributed by atoms with Gasteiger partial charge in [-0.1, -0.05) is 26.8 Å². The molecule has 0 atom stereocenters. The first-order valence-corrected chi connectivity index (χ1v) is 8.94. The molecule has 0 amide bonds. The van der Waals surface area contributed by atoms with Gasteiger partial charge in [-0.3, -0.25) is 0 Å². The summed E-state index contributed by atoms with van der Waals surface area (Å²) in [4.78, 5) is 0.0259. The van der Waals surface area contributed by atoms with E-state index in [0.717, 1.165) is 19.0 Å². The summed E-state index contributed by atoms with van der Waals surface area (Å²) < 4.78 is 41.0. The molecular weight excluding hydrogens is 291 g/mol. The lowest BCUT2D eigenvalue weighted by molar-refractivity contribution is 0.527. The third kappa shape index (κ3) is 5.37. The second kappa shape index (κ2) is 8.46. The van der Waals surface area contributed by atoms with Crippen LogP contribution in [-0.4, -0.2) is 21.0 Å². The SMILES string of the molecule is CCCNCc1ccc(F)cc1S(=O)(=O)NC(CC)CC. The molecule has 2 N–H and O–H groups in total. The predicted molar refractivity (Wildman–Crippen MR) is 83.1 cm³/mol. The average Bonchev–Trinajstić information content (AvgIpc) is 2.46. The summed E-state index contributed by atoms with van der Waals surface area (Å²) in [6, 6.07) is 3.78. The summed E-state index contributed by atoms with van der Waals surface area (Å²) in [6.07, 6.45) is 2.36. The third-order valence-electron chi connectivity index (χ3n) is 3.37. The zero-order chi connectivity index (χ0) is 15.9. The topological polar surface area (TPSA) is 58.2 Å². The molecule has 0 saturated heterocycles. The molecule has 0 aliphatic carbocycles. The van der Waals surface area contributed by atoms with Crippen LogP contribution in [0.5, 0.6) is 0 Å². The lowest BCUT2D eigenvalue weighted by Gasteiger charge is -2.17. The van der Waals surface area contributed by atoms with Gasteiger partial charge in [-0.25, -0.2) is 17.5 Å². The maximum atomic E-state index is 13.5. The Bertz CT molecular complexity index is 543. The quantitative estimate of drug-likeness (QED) is 0.689. The molecule has 6 heteroatoms. The standard InChI is InChI=1S/C15H25FN2O2S/c1-4-9-17-11-12-7-8-13(16)10-15(12)21(19,20)18-14(5-2)6-3/h7-8,10,14,17-18H,4-6,9,11H2,1-3H3. The Kier molecular flexibility index (Phi) is 7.28. The Labute approximate surface area is 127 Å². The van der Waals surface area contributed by atoms with Crippen molar-refractivity contribution in [3.63, 3.8) is 0 Å². The van der Waals surface area contributed by atoms with Gasteiger partial charge >= 0.3 is 0 Å². The summed E-state index contributed by atoms with van der Waals surface area (Å²) in [5.41, 5.74) is 0.586. The minimum Gasteiger partial charge on any atom is -0.313 e. The molecule has 4 nitrogen and oxygen atoms in total. The molecule has 0 spiro atoms. The van der Waals surface area contributed by atoms with E-state index in [2.05, 4.69) is 10.0 Å². The molecule has 120 valence electrons. The molecule has 0 unspecified atom stereocenters. The Morgan fingerprint density at radius 2 is 1.86 bits per heavy atom. The van der Waals surface area contributed by atoms with Crippen molar-refractivity contribution >= 4 is 10.0 Å². The monoisotopic (exact) mass is 316 g/mol. The van der Waals surface area contributed by atoms with Crippen LogP contribution in [-0.2, 0) is 16.6 Å². The summed E-state index contributed by atoms with van der Waals surface area (Å²) in [5, 5.41) is 3.15. The molecule has 0 aliphatic rings. The van der Waals surface area contributed by atoms with Crippen LogP contribution < -0.4 is 10.0 Å². The van der Waals surface area contributed by atoms with E-state index in [4.69, 9.17) is 0 Å². The smallest absolute Gasteiger partial charge is 0.241 e. The molecule has 1 aromatic rings. The van der Waals surface area contributed by atoms with Crippen molar-refractivity contribution in [1.82, 2.24) is 10.0 Å². The molecule has 0 heterocycles. The molecule has 21 heavy (non-hydrogen) atoms. The Morgan fingerprint density at radius 3 is 2.43 bits per heavy atom. The number of hydrogen-bond acceptors (Lipinski definition) is 3. The number of rotatable bonds is 9. The zero-order valence-corrected chi connectivity index (χ0v) is 13.8. The molecule has 0 bridgehead atoms. The van der Waals surface area contributed by atoms with Crippen LogP contribution in [0.25, 0.3) is 0 Å². The van der Waals surface area contributed by atoms with Crippen molar-refractivity contribution in [2.24, 2.45) is 0 Å². The Balaban J connectivity index is 3.05. The molecule has 0 aliphatic heterocycles.